The molecular formula is C19H21N4O7P. The summed E-state index contributed by atoms with van der Waals surface area (Å²) in [6.07, 6.45) is 5.42. The Labute approximate surface area is 176 Å². The lowest BCUT2D eigenvalue weighted by atomic mass is 10.2. The fourth-order valence-electron chi connectivity index (χ4n) is 3.22. The molecule has 0 atom stereocenters. The van der Waals surface area contributed by atoms with Crippen molar-refractivity contribution in [1.82, 2.24) is 18.7 Å². The van der Waals surface area contributed by atoms with Gasteiger partial charge in [0.05, 0.1) is 20.3 Å². The van der Waals surface area contributed by atoms with Crippen LogP contribution in [0.4, 0.5) is 0 Å². The number of phosphoric ester groups is 1. The lowest BCUT2D eigenvalue weighted by molar-refractivity contribution is 0.192. The summed E-state index contributed by atoms with van der Waals surface area (Å²) in [5.74, 6) is 3.33. The van der Waals surface area contributed by atoms with E-state index in [2.05, 4.69) is 15.4 Å². The van der Waals surface area contributed by atoms with Crippen molar-refractivity contribution in [3.05, 3.63) is 45.1 Å². The predicted molar refractivity (Wildman–Crippen MR) is 113 cm³/mol. The first kappa shape index (κ1) is 22.5. The summed E-state index contributed by atoms with van der Waals surface area (Å²) in [5, 5.41) is 0. The molecule has 0 aliphatic carbocycles. The number of aryl methyl sites for hydroxylation is 2. The molecule has 0 spiro atoms. The molecule has 0 unspecified atom stereocenters. The number of aromatic nitrogens is 4. The highest BCUT2D eigenvalue weighted by atomic mass is 31.2. The number of phosphoric acid groups is 1. The van der Waals surface area contributed by atoms with E-state index in [1.165, 1.54) is 11.7 Å². The molecule has 3 aromatic rings. The summed E-state index contributed by atoms with van der Waals surface area (Å²) in [6.45, 7) is -0.511. The second kappa shape index (κ2) is 8.91. The zero-order valence-electron chi connectivity index (χ0n) is 16.9. The van der Waals surface area contributed by atoms with Crippen LogP contribution in [0.15, 0.2) is 33.9 Å². The molecule has 164 valence electrons. The minimum absolute atomic E-state index is 0.00868. The average molecular weight is 448 g/mol. The van der Waals surface area contributed by atoms with Crippen LogP contribution in [-0.2, 0) is 29.2 Å². The number of nitrogens with zero attached hydrogens (tertiary/aromatic N) is 4. The topological polar surface area (TPSA) is 138 Å². The third-order valence-corrected chi connectivity index (χ3v) is 5.12. The van der Waals surface area contributed by atoms with Gasteiger partial charge in [-0.3, -0.25) is 13.9 Å². The first-order valence-corrected chi connectivity index (χ1v) is 10.7. The lowest BCUT2D eigenvalue weighted by Gasteiger charge is -2.10. The molecule has 0 saturated carbocycles. The molecule has 11 nitrogen and oxygen atoms in total. The SMILES string of the molecule is C#CCn1c(=O)c2c(nc(-c3cccc(OC)c3)n2C)n(CCCOP(=O)(O)O)c1=O. The molecule has 0 radical (unpaired) electrons. The van der Waals surface area contributed by atoms with Crippen molar-refractivity contribution >= 4 is 19.0 Å². The first-order valence-electron chi connectivity index (χ1n) is 9.16. The fourth-order valence-corrected chi connectivity index (χ4v) is 3.59. The van der Waals surface area contributed by atoms with Crippen molar-refractivity contribution in [2.24, 2.45) is 7.05 Å². The maximum Gasteiger partial charge on any atom is 0.469 e. The monoisotopic (exact) mass is 448 g/mol. The van der Waals surface area contributed by atoms with Gasteiger partial charge in [-0.2, -0.15) is 0 Å². The Hall–Kier alpha value is -3.16. The van der Waals surface area contributed by atoms with E-state index in [1.807, 2.05) is 0 Å². The van der Waals surface area contributed by atoms with Gasteiger partial charge >= 0.3 is 13.5 Å². The zero-order chi connectivity index (χ0) is 22.8. The quantitative estimate of drug-likeness (QED) is 0.292. The summed E-state index contributed by atoms with van der Waals surface area (Å²) in [6, 6.07) is 7.08. The van der Waals surface area contributed by atoms with Crippen LogP contribution in [0.25, 0.3) is 22.6 Å². The van der Waals surface area contributed by atoms with Crippen LogP contribution < -0.4 is 16.0 Å². The number of rotatable bonds is 8. The van der Waals surface area contributed by atoms with Gasteiger partial charge in [0, 0.05) is 19.2 Å². The van der Waals surface area contributed by atoms with E-state index < -0.39 is 19.1 Å². The smallest absolute Gasteiger partial charge is 0.469 e. The Morgan fingerprint density at radius 3 is 2.65 bits per heavy atom. The van der Waals surface area contributed by atoms with Gasteiger partial charge in [-0.1, -0.05) is 18.1 Å². The highest BCUT2D eigenvalue weighted by Crippen LogP contribution is 2.35. The molecular weight excluding hydrogens is 427 g/mol. The summed E-state index contributed by atoms with van der Waals surface area (Å²) in [7, 11) is -1.45. The molecule has 0 aliphatic rings. The largest absolute Gasteiger partial charge is 0.497 e. The van der Waals surface area contributed by atoms with Crippen LogP contribution in [0.1, 0.15) is 6.42 Å². The van der Waals surface area contributed by atoms with Crippen molar-refractivity contribution in [3.63, 3.8) is 0 Å². The third-order valence-electron chi connectivity index (χ3n) is 4.60. The Balaban J connectivity index is 2.17. The zero-order valence-corrected chi connectivity index (χ0v) is 17.8. The maximum absolute atomic E-state index is 13.0. The van der Waals surface area contributed by atoms with Crippen LogP contribution in [0.3, 0.4) is 0 Å². The van der Waals surface area contributed by atoms with Gasteiger partial charge in [-0.05, 0) is 18.6 Å². The van der Waals surface area contributed by atoms with E-state index in [0.29, 0.717) is 17.1 Å². The highest BCUT2D eigenvalue weighted by molar-refractivity contribution is 7.46. The molecule has 2 N–H and O–H groups in total. The Bertz CT molecular complexity index is 1330. The van der Waals surface area contributed by atoms with E-state index in [1.54, 1.807) is 35.9 Å². The second-order valence-corrected chi connectivity index (χ2v) is 7.84. The molecule has 0 bridgehead atoms. The van der Waals surface area contributed by atoms with Crippen molar-refractivity contribution in [1.29, 1.82) is 0 Å². The van der Waals surface area contributed by atoms with Gasteiger partial charge in [0.25, 0.3) is 5.56 Å². The van der Waals surface area contributed by atoms with Crippen molar-refractivity contribution in [2.45, 2.75) is 19.5 Å². The van der Waals surface area contributed by atoms with Crippen LogP contribution in [0.2, 0.25) is 0 Å². The normalized spacial score (nSPS) is 11.6. The number of terminal acetylenes is 1. The van der Waals surface area contributed by atoms with Gasteiger partial charge in [0.15, 0.2) is 11.2 Å². The van der Waals surface area contributed by atoms with Crippen LogP contribution in [0, 0.1) is 12.3 Å². The minimum atomic E-state index is -4.63. The van der Waals surface area contributed by atoms with E-state index in [0.717, 1.165) is 4.57 Å². The molecule has 2 heterocycles. The number of hydrogen-bond acceptors (Lipinski definition) is 6. The van der Waals surface area contributed by atoms with Gasteiger partial charge < -0.3 is 19.1 Å². The summed E-state index contributed by atoms with van der Waals surface area (Å²) in [5.41, 5.74) is -0.264. The molecule has 12 heteroatoms. The Kier molecular flexibility index (Phi) is 6.48. The van der Waals surface area contributed by atoms with Crippen LogP contribution in [0.5, 0.6) is 5.75 Å². The number of ether oxygens (including phenoxy) is 1. The second-order valence-electron chi connectivity index (χ2n) is 6.61. The number of hydrogen-bond donors (Lipinski definition) is 2. The number of fused-ring (bicyclic) bond motifs is 1. The average Bonchev–Trinajstić information content (AvgIpc) is 3.07. The molecule has 2 aromatic heterocycles. The van der Waals surface area contributed by atoms with Crippen molar-refractivity contribution in [2.75, 3.05) is 13.7 Å². The highest BCUT2D eigenvalue weighted by Gasteiger charge is 2.21. The Morgan fingerprint density at radius 1 is 1.26 bits per heavy atom. The van der Waals surface area contributed by atoms with Crippen molar-refractivity contribution < 1.29 is 23.6 Å². The predicted octanol–water partition coefficient (Wildman–Crippen LogP) is 0.705. The van der Waals surface area contributed by atoms with E-state index in [9.17, 15) is 14.2 Å². The first-order chi connectivity index (χ1) is 14.7. The maximum atomic E-state index is 13.0. The Morgan fingerprint density at radius 2 is 2.00 bits per heavy atom. The third kappa shape index (κ3) is 4.62. The van der Waals surface area contributed by atoms with E-state index >= 15 is 0 Å². The standard InChI is InChI=1S/C19H21N4O7P/c1-4-9-23-18(24)15-17(22(19(23)25)10-6-11-30-31(26,27)28)20-16(21(15)2)13-7-5-8-14(12-13)29-3/h1,5,7-8,12H,6,9-11H2,2-3H3,(H2,26,27,28). The lowest BCUT2D eigenvalue weighted by Crippen LogP contribution is -2.40. The van der Waals surface area contributed by atoms with Gasteiger partial charge in [0.2, 0.25) is 0 Å². The van der Waals surface area contributed by atoms with Crippen molar-refractivity contribution in [3.8, 4) is 29.5 Å². The molecule has 0 saturated heterocycles. The molecule has 3 rings (SSSR count). The molecule has 1 aromatic carbocycles. The van der Waals surface area contributed by atoms with Crippen LogP contribution in [-0.4, -0.2) is 42.2 Å². The van der Waals surface area contributed by atoms with E-state index in [-0.39, 0.29) is 37.3 Å². The number of imidazole rings is 1. The number of benzene rings is 1. The molecule has 0 aliphatic heterocycles. The fraction of sp³-hybridized carbons (Fsp3) is 0.316. The summed E-state index contributed by atoms with van der Waals surface area (Å²) >= 11 is 0. The molecule has 0 amide bonds. The van der Waals surface area contributed by atoms with Gasteiger partial charge in [-0.15, -0.1) is 6.42 Å². The van der Waals surface area contributed by atoms with E-state index in [4.69, 9.17) is 20.9 Å². The van der Waals surface area contributed by atoms with Gasteiger partial charge in [0.1, 0.15) is 11.6 Å². The summed E-state index contributed by atoms with van der Waals surface area (Å²) in [4.78, 5) is 48.1. The van der Waals surface area contributed by atoms with Crippen LogP contribution >= 0.6 is 7.82 Å². The molecule has 0 fully saturated rings. The van der Waals surface area contributed by atoms with Gasteiger partial charge in [-0.25, -0.2) is 18.9 Å². The minimum Gasteiger partial charge on any atom is -0.497 e. The summed E-state index contributed by atoms with van der Waals surface area (Å²) < 4.78 is 24.3. The number of methoxy groups -OCH3 is 1. The molecule has 31 heavy (non-hydrogen) atoms.